The van der Waals surface area contributed by atoms with Crippen molar-refractivity contribution < 1.29 is 4.74 Å². The standard InChI is InChI=1S/C12H19N3O/c1-3-10-8-16-5-4-15(10)12-6-11(13)9(2)7-14-12/h6-7,10H,3-5,8H2,1-2H3,(H2,13,14). The Morgan fingerprint density at radius 3 is 3.12 bits per heavy atom. The van der Waals surface area contributed by atoms with Crippen LogP contribution < -0.4 is 10.6 Å². The zero-order valence-electron chi connectivity index (χ0n) is 9.94. The van der Waals surface area contributed by atoms with E-state index in [-0.39, 0.29) is 0 Å². The van der Waals surface area contributed by atoms with E-state index in [2.05, 4.69) is 16.8 Å². The maximum Gasteiger partial charge on any atom is 0.130 e. The van der Waals surface area contributed by atoms with E-state index in [1.54, 1.807) is 0 Å². The first-order chi connectivity index (χ1) is 7.72. The van der Waals surface area contributed by atoms with Crippen molar-refractivity contribution in [1.82, 2.24) is 4.98 Å². The summed E-state index contributed by atoms with van der Waals surface area (Å²) in [5, 5.41) is 0. The van der Waals surface area contributed by atoms with Crippen LogP contribution in [-0.4, -0.2) is 30.8 Å². The van der Waals surface area contributed by atoms with Crippen LogP contribution in [0.5, 0.6) is 0 Å². The molecular weight excluding hydrogens is 202 g/mol. The molecular formula is C12H19N3O. The van der Waals surface area contributed by atoms with E-state index in [1.807, 2.05) is 19.2 Å². The zero-order valence-corrected chi connectivity index (χ0v) is 9.94. The van der Waals surface area contributed by atoms with Gasteiger partial charge in [0, 0.05) is 24.5 Å². The van der Waals surface area contributed by atoms with Crippen molar-refractivity contribution in [2.45, 2.75) is 26.3 Å². The number of nitrogens with two attached hydrogens (primary N) is 1. The van der Waals surface area contributed by atoms with Crippen molar-refractivity contribution in [2.75, 3.05) is 30.4 Å². The van der Waals surface area contributed by atoms with Gasteiger partial charge in [-0.3, -0.25) is 0 Å². The molecule has 0 saturated carbocycles. The van der Waals surface area contributed by atoms with Gasteiger partial charge in [0.2, 0.25) is 0 Å². The molecule has 0 amide bonds. The molecule has 16 heavy (non-hydrogen) atoms. The average Bonchev–Trinajstić information content (AvgIpc) is 2.32. The summed E-state index contributed by atoms with van der Waals surface area (Å²) in [7, 11) is 0. The summed E-state index contributed by atoms with van der Waals surface area (Å²) in [4.78, 5) is 6.74. The lowest BCUT2D eigenvalue weighted by Crippen LogP contribution is -2.45. The molecule has 1 aromatic heterocycles. The lowest BCUT2D eigenvalue weighted by atomic mass is 10.1. The van der Waals surface area contributed by atoms with E-state index in [4.69, 9.17) is 10.5 Å². The molecule has 88 valence electrons. The Morgan fingerprint density at radius 2 is 2.44 bits per heavy atom. The highest BCUT2D eigenvalue weighted by atomic mass is 16.5. The second kappa shape index (κ2) is 4.70. The molecule has 4 heteroatoms. The first-order valence-electron chi connectivity index (χ1n) is 5.79. The smallest absolute Gasteiger partial charge is 0.130 e. The van der Waals surface area contributed by atoms with Crippen LogP contribution in [0.4, 0.5) is 11.5 Å². The number of rotatable bonds is 2. The van der Waals surface area contributed by atoms with E-state index in [0.717, 1.165) is 43.2 Å². The van der Waals surface area contributed by atoms with Gasteiger partial charge >= 0.3 is 0 Å². The number of hydrogen-bond donors (Lipinski definition) is 1. The van der Waals surface area contributed by atoms with Crippen molar-refractivity contribution in [2.24, 2.45) is 0 Å². The highest BCUT2D eigenvalue weighted by Crippen LogP contribution is 2.22. The van der Waals surface area contributed by atoms with Crippen LogP contribution in [0.2, 0.25) is 0 Å². The van der Waals surface area contributed by atoms with Gasteiger partial charge in [-0.2, -0.15) is 0 Å². The van der Waals surface area contributed by atoms with Crippen LogP contribution in [0.15, 0.2) is 12.3 Å². The van der Waals surface area contributed by atoms with Gasteiger partial charge in [-0.1, -0.05) is 6.92 Å². The number of aromatic nitrogens is 1. The van der Waals surface area contributed by atoms with Gasteiger partial charge in [-0.25, -0.2) is 4.98 Å². The summed E-state index contributed by atoms with van der Waals surface area (Å²) < 4.78 is 5.48. The van der Waals surface area contributed by atoms with Gasteiger partial charge in [0.1, 0.15) is 5.82 Å². The highest BCUT2D eigenvalue weighted by Gasteiger charge is 2.22. The Bertz CT molecular complexity index is 367. The third kappa shape index (κ3) is 2.11. The Labute approximate surface area is 96.4 Å². The summed E-state index contributed by atoms with van der Waals surface area (Å²) in [6.45, 7) is 6.60. The van der Waals surface area contributed by atoms with Gasteiger partial charge in [-0.05, 0) is 18.9 Å². The minimum atomic E-state index is 0.420. The highest BCUT2D eigenvalue weighted by molar-refractivity contribution is 5.55. The summed E-state index contributed by atoms with van der Waals surface area (Å²) in [6.07, 6.45) is 2.91. The van der Waals surface area contributed by atoms with E-state index < -0.39 is 0 Å². The van der Waals surface area contributed by atoms with Crippen molar-refractivity contribution >= 4 is 11.5 Å². The fourth-order valence-corrected chi connectivity index (χ4v) is 1.98. The molecule has 1 aromatic rings. The maximum absolute atomic E-state index is 5.92. The number of nitrogen functional groups attached to an aromatic ring is 1. The molecule has 4 nitrogen and oxygen atoms in total. The monoisotopic (exact) mass is 221 g/mol. The fraction of sp³-hybridized carbons (Fsp3) is 0.583. The van der Waals surface area contributed by atoms with Crippen molar-refractivity contribution in [3.8, 4) is 0 Å². The van der Waals surface area contributed by atoms with Crippen LogP contribution >= 0.6 is 0 Å². The Kier molecular flexibility index (Phi) is 3.29. The lowest BCUT2D eigenvalue weighted by molar-refractivity contribution is 0.0926. The molecule has 1 aliphatic heterocycles. The van der Waals surface area contributed by atoms with E-state index in [9.17, 15) is 0 Å². The molecule has 1 saturated heterocycles. The van der Waals surface area contributed by atoms with Crippen LogP contribution in [0.3, 0.4) is 0 Å². The summed E-state index contributed by atoms with van der Waals surface area (Å²) in [5.41, 5.74) is 7.76. The number of ether oxygens (including phenoxy) is 1. The van der Waals surface area contributed by atoms with Crippen LogP contribution in [0.25, 0.3) is 0 Å². The number of nitrogens with zero attached hydrogens (tertiary/aromatic N) is 2. The van der Waals surface area contributed by atoms with Gasteiger partial charge < -0.3 is 15.4 Å². The van der Waals surface area contributed by atoms with Gasteiger partial charge in [0.05, 0.1) is 19.3 Å². The molecule has 0 bridgehead atoms. The first-order valence-corrected chi connectivity index (χ1v) is 5.79. The number of anilines is 2. The summed E-state index contributed by atoms with van der Waals surface area (Å²) >= 11 is 0. The van der Waals surface area contributed by atoms with Crippen molar-refractivity contribution in [3.05, 3.63) is 17.8 Å². The Morgan fingerprint density at radius 1 is 1.62 bits per heavy atom. The van der Waals surface area contributed by atoms with Crippen LogP contribution in [0, 0.1) is 6.92 Å². The first kappa shape index (κ1) is 11.2. The second-order valence-corrected chi connectivity index (χ2v) is 4.23. The quantitative estimate of drug-likeness (QED) is 0.824. The van der Waals surface area contributed by atoms with Crippen molar-refractivity contribution in [3.63, 3.8) is 0 Å². The number of aryl methyl sites for hydroxylation is 1. The molecule has 0 aliphatic carbocycles. The molecule has 1 fully saturated rings. The van der Waals surface area contributed by atoms with E-state index in [1.165, 1.54) is 0 Å². The minimum Gasteiger partial charge on any atom is -0.398 e. The molecule has 1 unspecified atom stereocenters. The second-order valence-electron chi connectivity index (χ2n) is 4.23. The number of pyridine rings is 1. The summed E-state index contributed by atoms with van der Waals surface area (Å²) in [6, 6.07) is 2.38. The van der Waals surface area contributed by atoms with E-state index >= 15 is 0 Å². The van der Waals surface area contributed by atoms with Crippen LogP contribution in [0.1, 0.15) is 18.9 Å². The molecule has 0 spiro atoms. The summed E-state index contributed by atoms with van der Waals surface area (Å²) in [5.74, 6) is 0.971. The molecule has 2 heterocycles. The fourth-order valence-electron chi connectivity index (χ4n) is 1.98. The predicted molar refractivity (Wildman–Crippen MR) is 65.6 cm³/mol. The third-order valence-electron chi connectivity index (χ3n) is 3.12. The molecule has 0 aromatic carbocycles. The van der Waals surface area contributed by atoms with Gasteiger partial charge in [0.15, 0.2) is 0 Å². The van der Waals surface area contributed by atoms with E-state index in [0.29, 0.717) is 6.04 Å². The molecule has 1 aliphatic rings. The third-order valence-corrected chi connectivity index (χ3v) is 3.12. The molecule has 1 atom stereocenters. The molecule has 0 radical (unpaired) electrons. The Hall–Kier alpha value is -1.29. The minimum absolute atomic E-state index is 0.420. The number of hydrogen-bond acceptors (Lipinski definition) is 4. The average molecular weight is 221 g/mol. The Balaban J connectivity index is 2.23. The molecule has 2 rings (SSSR count). The zero-order chi connectivity index (χ0) is 11.5. The topological polar surface area (TPSA) is 51.4 Å². The lowest BCUT2D eigenvalue weighted by Gasteiger charge is -2.36. The van der Waals surface area contributed by atoms with Gasteiger partial charge in [-0.15, -0.1) is 0 Å². The SMILES string of the molecule is CCC1COCCN1c1cc(N)c(C)cn1. The largest absolute Gasteiger partial charge is 0.398 e. The normalized spacial score (nSPS) is 21.1. The van der Waals surface area contributed by atoms with Crippen molar-refractivity contribution in [1.29, 1.82) is 0 Å². The number of morpholine rings is 1. The maximum atomic E-state index is 5.92. The van der Waals surface area contributed by atoms with Gasteiger partial charge in [0.25, 0.3) is 0 Å². The molecule has 2 N–H and O–H groups in total. The predicted octanol–water partition coefficient (Wildman–Crippen LogP) is 1.59. The van der Waals surface area contributed by atoms with Crippen LogP contribution in [-0.2, 0) is 4.74 Å².